The number of nitrogens with zero attached hydrogens (tertiary/aromatic N) is 1. The van der Waals surface area contributed by atoms with Crippen LogP contribution < -0.4 is 15.8 Å². The van der Waals surface area contributed by atoms with E-state index in [1.165, 1.54) is 0 Å². The number of carbonyl (C=O) groups is 1. The molecule has 1 aromatic rings. The van der Waals surface area contributed by atoms with Crippen LogP contribution in [0.3, 0.4) is 0 Å². The van der Waals surface area contributed by atoms with Crippen LogP contribution in [0.2, 0.25) is 0 Å². The third kappa shape index (κ3) is 1.50. The maximum Gasteiger partial charge on any atom is 0.267 e. The Morgan fingerprint density at radius 3 is 3.06 bits per heavy atom. The van der Waals surface area contributed by atoms with Crippen molar-refractivity contribution in [3.05, 3.63) is 18.3 Å². The van der Waals surface area contributed by atoms with Gasteiger partial charge in [0.15, 0.2) is 17.7 Å². The van der Waals surface area contributed by atoms with Crippen LogP contribution in [-0.2, 0) is 4.79 Å². The number of fused-ring (bicyclic) bond motifs is 1. The quantitative estimate of drug-likeness (QED) is 0.796. The number of hydrogen-bond donors (Lipinski definition) is 2. The van der Waals surface area contributed by atoms with E-state index in [0.717, 1.165) is 19.3 Å². The molecule has 0 radical (unpaired) electrons. The fraction of sp³-hybridized carbons (Fsp3) is 0.500. The summed E-state index contributed by atoms with van der Waals surface area (Å²) in [7, 11) is 0. The Kier molecular flexibility index (Phi) is 2.29. The van der Waals surface area contributed by atoms with Crippen molar-refractivity contribution in [1.82, 2.24) is 4.98 Å². The molecule has 2 heterocycles. The molecule has 1 saturated carbocycles. The maximum absolute atomic E-state index is 12.0. The number of anilines is 1. The van der Waals surface area contributed by atoms with Crippen LogP contribution in [0.5, 0.6) is 5.75 Å². The fourth-order valence-electron chi connectivity index (χ4n) is 2.55. The van der Waals surface area contributed by atoms with E-state index in [1.807, 2.05) is 6.07 Å². The Labute approximate surface area is 99.4 Å². The predicted octanol–water partition coefficient (Wildman–Crippen LogP) is 0.910. The highest BCUT2D eigenvalue weighted by atomic mass is 16.5. The van der Waals surface area contributed by atoms with Crippen molar-refractivity contribution in [3.8, 4) is 5.75 Å². The van der Waals surface area contributed by atoms with Crippen LogP contribution in [-0.4, -0.2) is 23.5 Å². The Morgan fingerprint density at radius 2 is 2.41 bits per heavy atom. The van der Waals surface area contributed by atoms with Gasteiger partial charge in [-0.1, -0.05) is 6.42 Å². The predicted molar refractivity (Wildman–Crippen MR) is 62.6 cm³/mol. The first-order chi connectivity index (χ1) is 8.25. The lowest BCUT2D eigenvalue weighted by molar-refractivity contribution is -0.133. The van der Waals surface area contributed by atoms with Crippen LogP contribution in [0.25, 0.3) is 0 Å². The standard InChI is InChI=1S/C12H15N3O2/c13-7-12(4-2-5-12)9-11(16)15-10-8(17-9)3-1-6-14-10/h1,3,6,9H,2,4-5,7,13H2,(H,14,15,16). The summed E-state index contributed by atoms with van der Waals surface area (Å²) in [4.78, 5) is 16.1. The molecule has 90 valence electrons. The van der Waals surface area contributed by atoms with Crippen molar-refractivity contribution in [1.29, 1.82) is 0 Å². The van der Waals surface area contributed by atoms with Crippen molar-refractivity contribution < 1.29 is 9.53 Å². The minimum atomic E-state index is -0.474. The summed E-state index contributed by atoms with van der Waals surface area (Å²) in [6.45, 7) is 0.487. The van der Waals surface area contributed by atoms with Crippen molar-refractivity contribution in [2.75, 3.05) is 11.9 Å². The van der Waals surface area contributed by atoms with Gasteiger partial charge < -0.3 is 15.8 Å². The summed E-state index contributed by atoms with van der Waals surface area (Å²) in [5.41, 5.74) is 5.62. The summed E-state index contributed by atoms with van der Waals surface area (Å²) in [6.07, 6.45) is 4.18. The molecule has 3 N–H and O–H groups in total. The normalized spacial score (nSPS) is 25.2. The number of carbonyl (C=O) groups excluding carboxylic acids is 1. The van der Waals surface area contributed by atoms with E-state index in [2.05, 4.69) is 10.3 Å². The SMILES string of the molecule is NCC1(C2Oc3cccnc3NC2=O)CCC1. The minimum Gasteiger partial charge on any atom is -0.476 e. The van der Waals surface area contributed by atoms with E-state index in [9.17, 15) is 4.79 Å². The van der Waals surface area contributed by atoms with Crippen molar-refractivity contribution in [3.63, 3.8) is 0 Å². The number of aromatic nitrogens is 1. The first kappa shape index (κ1) is 10.5. The molecular formula is C12H15N3O2. The number of rotatable bonds is 2. The van der Waals surface area contributed by atoms with E-state index >= 15 is 0 Å². The Hall–Kier alpha value is -1.62. The van der Waals surface area contributed by atoms with Gasteiger partial charge >= 0.3 is 0 Å². The first-order valence-corrected chi connectivity index (χ1v) is 5.88. The number of nitrogens with one attached hydrogen (secondary N) is 1. The van der Waals surface area contributed by atoms with Gasteiger partial charge in [-0.15, -0.1) is 0 Å². The largest absolute Gasteiger partial charge is 0.476 e. The average Bonchev–Trinajstić information content (AvgIpc) is 2.29. The molecule has 2 aliphatic rings. The molecule has 0 bridgehead atoms. The molecule has 0 saturated heterocycles. The molecule has 1 atom stereocenters. The monoisotopic (exact) mass is 233 g/mol. The van der Waals surface area contributed by atoms with Crippen LogP contribution in [0.1, 0.15) is 19.3 Å². The topological polar surface area (TPSA) is 77.2 Å². The lowest BCUT2D eigenvalue weighted by atomic mass is 9.64. The van der Waals surface area contributed by atoms with E-state index in [-0.39, 0.29) is 11.3 Å². The van der Waals surface area contributed by atoms with Gasteiger partial charge in [0, 0.05) is 18.2 Å². The van der Waals surface area contributed by atoms with Gasteiger partial charge in [-0.05, 0) is 25.0 Å². The summed E-state index contributed by atoms with van der Waals surface area (Å²) < 4.78 is 5.79. The average molecular weight is 233 g/mol. The smallest absolute Gasteiger partial charge is 0.267 e. The molecule has 17 heavy (non-hydrogen) atoms. The highest BCUT2D eigenvalue weighted by Gasteiger charge is 2.50. The van der Waals surface area contributed by atoms with E-state index < -0.39 is 6.10 Å². The highest BCUT2D eigenvalue weighted by molar-refractivity contribution is 5.97. The molecule has 1 aliphatic heterocycles. The first-order valence-electron chi connectivity index (χ1n) is 5.88. The second-order valence-corrected chi connectivity index (χ2v) is 4.76. The molecule has 5 heteroatoms. The summed E-state index contributed by atoms with van der Waals surface area (Å²) in [5.74, 6) is 1.01. The van der Waals surface area contributed by atoms with Crippen LogP contribution in [0, 0.1) is 5.41 Å². The molecule has 0 aromatic carbocycles. The summed E-state index contributed by atoms with van der Waals surface area (Å²) in [5, 5.41) is 2.79. The lowest BCUT2D eigenvalue weighted by Gasteiger charge is -2.46. The maximum atomic E-state index is 12.0. The number of hydrogen-bond acceptors (Lipinski definition) is 4. The molecule has 3 rings (SSSR count). The number of amides is 1. The zero-order chi connectivity index (χ0) is 11.9. The van der Waals surface area contributed by atoms with E-state index in [4.69, 9.17) is 10.5 Å². The molecule has 5 nitrogen and oxygen atoms in total. The van der Waals surface area contributed by atoms with Crippen LogP contribution in [0.15, 0.2) is 18.3 Å². The lowest BCUT2D eigenvalue weighted by Crippen LogP contribution is -2.56. The van der Waals surface area contributed by atoms with Gasteiger partial charge in [0.1, 0.15) is 0 Å². The minimum absolute atomic E-state index is 0.124. The van der Waals surface area contributed by atoms with Gasteiger partial charge in [0.25, 0.3) is 5.91 Å². The molecule has 1 aromatic heterocycles. The van der Waals surface area contributed by atoms with Gasteiger partial charge in [0.2, 0.25) is 0 Å². The molecule has 1 amide bonds. The zero-order valence-electron chi connectivity index (χ0n) is 9.48. The summed E-state index contributed by atoms with van der Waals surface area (Å²) in [6, 6.07) is 3.61. The van der Waals surface area contributed by atoms with E-state index in [1.54, 1.807) is 12.3 Å². The summed E-state index contributed by atoms with van der Waals surface area (Å²) >= 11 is 0. The number of pyridine rings is 1. The van der Waals surface area contributed by atoms with E-state index in [0.29, 0.717) is 18.1 Å². The van der Waals surface area contributed by atoms with Crippen molar-refractivity contribution >= 4 is 11.7 Å². The molecule has 1 aliphatic carbocycles. The molecule has 1 fully saturated rings. The van der Waals surface area contributed by atoms with Crippen LogP contribution in [0.4, 0.5) is 5.82 Å². The highest BCUT2D eigenvalue weighted by Crippen LogP contribution is 2.46. The van der Waals surface area contributed by atoms with Gasteiger partial charge in [-0.25, -0.2) is 4.98 Å². The molecule has 1 unspecified atom stereocenters. The zero-order valence-corrected chi connectivity index (χ0v) is 9.48. The Bertz CT molecular complexity index is 451. The third-order valence-corrected chi connectivity index (χ3v) is 3.81. The Balaban J connectivity index is 1.92. The second kappa shape index (κ2) is 3.70. The van der Waals surface area contributed by atoms with Gasteiger partial charge in [-0.2, -0.15) is 0 Å². The van der Waals surface area contributed by atoms with Gasteiger partial charge in [0.05, 0.1) is 0 Å². The van der Waals surface area contributed by atoms with Gasteiger partial charge in [-0.3, -0.25) is 4.79 Å². The number of ether oxygens (including phenoxy) is 1. The van der Waals surface area contributed by atoms with Crippen molar-refractivity contribution in [2.24, 2.45) is 11.1 Å². The van der Waals surface area contributed by atoms with Crippen LogP contribution >= 0.6 is 0 Å². The molecular weight excluding hydrogens is 218 g/mol. The van der Waals surface area contributed by atoms with Crippen molar-refractivity contribution in [2.45, 2.75) is 25.4 Å². The third-order valence-electron chi connectivity index (χ3n) is 3.81. The number of nitrogens with two attached hydrogens (primary N) is 1. The second-order valence-electron chi connectivity index (χ2n) is 4.76. The molecule has 0 spiro atoms. The fourth-order valence-corrected chi connectivity index (χ4v) is 2.55. The Morgan fingerprint density at radius 1 is 1.59 bits per heavy atom.